The summed E-state index contributed by atoms with van der Waals surface area (Å²) in [5.41, 5.74) is 1.15. The van der Waals surface area contributed by atoms with Gasteiger partial charge in [-0.3, -0.25) is 4.99 Å². The Bertz CT molecular complexity index is 498. The number of rotatable bonds is 9. The highest BCUT2D eigenvalue weighted by atomic mass is 127. The number of guanidine groups is 1. The minimum atomic E-state index is 0. The molecule has 1 aromatic carbocycles. The highest BCUT2D eigenvalue weighted by molar-refractivity contribution is 14.0. The smallest absolute Gasteiger partial charge is 0.191 e. The Balaban J connectivity index is 0.00000529. The zero-order valence-electron chi connectivity index (χ0n) is 15.2. The van der Waals surface area contributed by atoms with E-state index in [0.717, 1.165) is 23.8 Å². The first-order chi connectivity index (χ1) is 11.0. The fourth-order valence-corrected chi connectivity index (χ4v) is 1.98. The summed E-state index contributed by atoms with van der Waals surface area (Å²) in [7, 11) is 3.45. The molecular formula is C17H30IN3O2S. The lowest BCUT2D eigenvalue weighted by atomic mass is 10.2. The number of nitrogens with zero attached hydrogens (tertiary/aromatic N) is 1. The van der Waals surface area contributed by atoms with Crippen LogP contribution in [0, 0.1) is 0 Å². The molecule has 0 radical (unpaired) electrons. The summed E-state index contributed by atoms with van der Waals surface area (Å²) in [6.45, 7) is 7.11. The number of thioether (sulfide) groups is 1. The molecule has 1 aromatic rings. The van der Waals surface area contributed by atoms with Crippen molar-refractivity contribution in [1.29, 1.82) is 0 Å². The van der Waals surface area contributed by atoms with Gasteiger partial charge >= 0.3 is 0 Å². The largest absolute Gasteiger partial charge is 0.491 e. The van der Waals surface area contributed by atoms with E-state index in [-0.39, 0.29) is 28.7 Å². The Kier molecular flexibility index (Phi) is 12.3. The van der Waals surface area contributed by atoms with Crippen LogP contribution in [0.2, 0.25) is 0 Å². The van der Waals surface area contributed by atoms with Gasteiger partial charge in [-0.25, -0.2) is 0 Å². The van der Waals surface area contributed by atoms with Crippen LogP contribution in [0.15, 0.2) is 29.3 Å². The summed E-state index contributed by atoms with van der Waals surface area (Å²) in [6.07, 6.45) is 2.12. The molecule has 1 rings (SSSR count). The van der Waals surface area contributed by atoms with Crippen LogP contribution in [0.1, 0.15) is 19.4 Å². The molecule has 0 atom stereocenters. The number of ether oxygens (including phenoxy) is 2. The maximum Gasteiger partial charge on any atom is 0.191 e. The van der Waals surface area contributed by atoms with Crippen molar-refractivity contribution >= 4 is 41.7 Å². The zero-order chi connectivity index (χ0) is 17.1. The Labute approximate surface area is 167 Å². The van der Waals surface area contributed by atoms with Gasteiger partial charge in [-0.1, -0.05) is 12.1 Å². The number of hydrogen-bond acceptors (Lipinski definition) is 4. The summed E-state index contributed by atoms with van der Waals surface area (Å²) in [4.78, 5) is 4.26. The van der Waals surface area contributed by atoms with E-state index in [2.05, 4.69) is 41.8 Å². The molecule has 0 fully saturated rings. The predicted molar refractivity (Wildman–Crippen MR) is 115 cm³/mol. The standard InChI is InChI=1S/C17H29N3O2S.HI/c1-17(2,23-5)13-20-16(18-3)19-12-14-7-6-8-15(11-14)22-10-9-21-4;/h6-8,11H,9-10,12-13H2,1-5H3,(H2,18,19,20);1H. The highest BCUT2D eigenvalue weighted by Crippen LogP contribution is 2.19. The van der Waals surface area contributed by atoms with Gasteiger partial charge in [0.2, 0.25) is 0 Å². The van der Waals surface area contributed by atoms with Gasteiger partial charge in [-0.15, -0.1) is 24.0 Å². The summed E-state index contributed by atoms with van der Waals surface area (Å²) in [5, 5.41) is 6.68. The molecular weight excluding hydrogens is 437 g/mol. The molecule has 0 amide bonds. The van der Waals surface area contributed by atoms with Crippen molar-refractivity contribution in [3.05, 3.63) is 29.8 Å². The second-order valence-corrected chi connectivity index (χ2v) is 7.25. The molecule has 0 aliphatic carbocycles. The Hall–Kier alpha value is -0.670. The van der Waals surface area contributed by atoms with E-state index >= 15 is 0 Å². The fourth-order valence-electron chi connectivity index (χ4n) is 1.76. The second-order valence-electron chi connectivity index (χ2n) is 5.73. The minimum absolute atomic E-state index is 0. The molecule has 0 unspecified atom stereocenters. The lowest BCUT2D eigenvalue weighted by Crippen LogP contribution is -2.42. The maximum atomic E-state index is 5.63. The van der Waals surface area contributed by atoms with Crippen LogP contribution >= 0.6 is 35.7 Å². The topological polar surface area (TPSA) is 54.9 Å². The van der Waals surface area contributed by atoms with E-state index in [0.29, 0.717) is 19.8 Å². The third kappa shape index (κ3) is 9.58. The van der Waals surface area contributed by atoms with E-state index in [1.54, 1.807) is 14.2 Å². The average Bonchev–Trinajstić information content (AvgIpc) is 2.56. The van der Waals surface area contributed by atoms with Gasteiger partial charge < -0.3 is 20.1 Å². The summed E-state index contributed by atoms with van der Waals surface area (Å²) in [6, 6.07) is 8.04. The second kappa shape index (κ2) is 12.7. The van der Waals surface area contributed by atoms with E-state index < -0.39 is 0 Å². The van der Waals surface area contributed by atoms with Gasteiger partial charge in [-0.2, -0.15) is 11.8 Å². The fraction of sp³-hybridized carbons (Fsp3) is 0.588. The molecule has 138 valence electrons. The number of nitrogens with one attached hydrogen (secondary N) is 2. The lowest BCUT2D eigenvalue weighted by Gasteiger charge is -2.23. The van der Waals surface area contributed by atoms with Crippen molar-refractivity contribution in [3.63, 3.8) is 0 Å². The van der Waals surface area contributed by atoms with Gasteiger partial charge in [0, 0.05) is 32.0 Å². The zero-order valence-corrected chi connectivity index (χ0v) is 18.4. The first-order valence-corrected chi connectivity index (χ1v) is 8.93. The van der Waals surface area contributed by atoms with Gasteiger partial charge in [0.05, 0.1) is 6.61 Å². The Morgan fingerprint density at radius 1 is 1.25 bits per heavy atom. The normalized spacial score (nSPS) is 11.6. The SMILES string of the molecule is CN=C(NCc1cccc(OCCOC)c1)NCC(C)(C)SC.I. The van der Waals surface area contributed by atoms with Gasteiger partial charge in [-0.05, 0) is 37.8 Å². The van der Waals surface area contributed by atoms with Gasteiger partial charge in [0.25, 0.3) is 0 Å². The van der Waals surface area contributed by atoms with Crippen LogP contribution in [-0.4, -0.2) is 50.9 Å². The molecule has 24 heavy (non-hydrogen) atoms. The van der Waals surface area contributed by atoms with Crippen LogP contribution in [0.25, 0.3) is 0 Å². The van der Waals surface area contributed by atoms with Crippen LogP contribution in [0.4, 0.5) is 0 Å². The van der Waals surface area contributed by atoms with E-state index in [1.807, 2.05) is 30.0 Å². The number of benzene rings is 1. The minimum Gasteiger partial charge on any atom is -0.491 e. The third-order valence-corrected chi connectivity index (χ3v) is 4.62. The summed E-state index contributed by atoms with van der Waals surface area (Å²) in [5.74, 6) is 1.66. The van der Waals surface area contributed by atoms with Crippen molar-refractivity contribution in [3.8, 4) is 5.75 Å². The summed E-state index contributed by atoms with van der Waals surface area (Å²) < 4.78 is 10.8. The lowest BCUT2D eigenvalue weighted by molar-refractivity contribution is 0.146. The first kappa shape index (κ1) is 23.3. The molecule has 2 N–H and O–H groups in total. The monoisotopic (exact) mass is 467 g/mol. The van der Waals surface area contributed by atoms with Crippen LogP contribution in [-0.2, 0) is 11.3 Å². The first-order valence-electron chi connectivity index (χ1n) is 7.71. The molecule has 0 saturated heterocycles. The molecule has 7 heteroatoms. The van der Waals surface area contributed by atoms with Crippen molar-refractivity contribution in [1.82, 2.24) is 10.6 Å². The third-order valence-electron chi connectivity index (χ3n) is 3.37. The number of aliphatic imine (C=N–C) groups is 1. The quantitative estimate of drug-likeness (QED) is 0.253. The van der Waals surface area contributed by atoms with Crippen molar-refractivity contribution in [2.24, 2.45) is 4.99 Å². The number of hydrogen-bond donors (Lipinski definition) is 2. The molecule has 0 bridgehead atoms. The van der Waals surface area contributed by atoms with Crippen molar-refractivity contribution in [2.45, 2.75) is 25.1 Å². The van der Waals surface area contributed by atoms with Gasteiger partial charge in [0.15, 0.2) is 5.96 Å². The Morgan fingerprint density at radius 3 is 2.62 bits per heavy atom. The van der Waals surface area contributed by atoms with Crippen molar-refractivity contribution in [2.75, 3.05) is 40.2 Å². The van der Waals surface area contributed by atoms with Gasteiger partial charge in [0.1, 0.15) is 12.4 Å². The van der Waals surface area contributed by atoms with Crippen LogP contribution < -0.4 is 15.4 Å². The molecule has 5 nitrogen and oxygen atoms in total. The predicted octanol–water partition coefficient (Wildman–Crippen LogP) is 3.14. The van der Waals surface area contributed by atoms with E-state index in [4.69, 9.17) is 9.47 Å². The van der Waals surface area contributed by atoms with Crippen LogP contribution in [0.3, 0.4) is 0 Å². The maximum absolute atomic E-state index is 5.63. The van der Waals surface area contributed by atoms with Crippen LogP contribution in [0.5, 0.6) is 5.75 Å². The molecule has 0 spiro atoms. The Morgan fingerprint density at radius 2 is 2.00 bits per heavy atom. The molecule has 0 aliphatic rings. The molecule has 0 saturated carbocycles. The molecule has 0 heterocycles. The molecule has 0 aromatic heterocycles. The average molecular weight is 467 g/mol. The van der Waals surface area contributed by atoms with E-state index in [9.17, 15) is 0 Å². The molecule has 0 aliphatic heterocycles. The van der Waals surface area contributed by atoms with E-state index in [1.165, 1.54) is 0 Å². The number of halogens is 1. The highest BCUT2D eigenvalue weighted by Gasteiger charge is 2.15. The van der Waals surface area contributed by atoms with Crippen molar-refractivity contribution < 1.29 is 9.47 Å². The number of methoxy groups -OCH3 is 1. The summed E-state index contributed by atoms with van der Waals surface area (Å²) >= 11 is 1.83.